The van der Waals surface area contributed by atoms with Crippen molar-refractivity contribution in [1.29, 1.82) is 0 Å². The molecule has 0 aliphatic heterocycles. The first-order chi connectivity index (χ1) is 8.31. The van der Waals surface area contributed by atoms with Crippen molar-refractivity contribution in [3.05, 3.63) is 58.9 Å². The quantitative estimate of drug-likeness (QED) is 0.874. The van der Waals surface area contributed by atoms with Gasteiger partial charge in [0, 0.05) is 25.5 Å². The van der Waals surface area contributed by atoms with Gasteiger partial charge in [-0.25, -0.2) is 0 Å². The molecule has 0 aliphatic rings. The number of hydrogen-bond acceptors (Lipinski definition) is 3. The van der Waals surface area contributed by atoms with Crippen molar-refractivity contribution in [2.75, 3.05) is 5.32 Å². The summed E-state index contributed by atoms with van der Waals surface area (Å²) in [4.78, 5) is 4.05. The van der Waals surface area contributed by atoms with Crippen LogP contribution in [0.15, 0.2) is 42.7 Å². The summed E-state index contributed by atoms with van der Waals surface area (Å²) in [6.45, 7) is 1.19. The maximum absolute atomic E-state index is 6.06. The van der Waals surface area contributed by atoms with Crippen molar-refractivity contribution < 1.29 is 0 Å². The highest BCUT2D eigenvalue weighted by Gasteiger charge is 2.02. The molecular formula is C13H14ClN3. The van der Waals surface area contributed by atoms with Crippen LogP contribution in [0.4, 0.5) is 5.69 Å². The van der Waals surface area contributed by atoms with E-state index in [9.17, 15) is 0 Å². The van der Waals surface area contributed by atoms with E-state index in [1.165, 1.54) is 0 Å². The lowest BCUT2D eigenvalue weighted by atomic mass is 10.1. The molecule has 4 heteroatoms. The van der Waals surface area contributed by atoms with Gasteiger partial charge in [-0.3, -0.25) is 4.98 Å². The molecule has 0 saturated carbocycles. The van der Waals surface area contributed by atoms with E-state index in [4.69, 9.17) is 17.3 Å². The van der Waals surface area contributed by atoms with E-state index in [-0.39, 0.29) is 0 Å². The Kier molecular flexibility index (Phi) is 3.96. The largest absolute Gasteiger partial charge is 0.380 e. The maximum Gasteiger partial charge on any atom is 0.0637 e. The summed E-state index contributed by atoms with van der Waals surface area (Å²) in [5, 5.41) is 4.01. The molecule has 3 nitrogen and oxygen atoms in total. The standard InChI is InChI=1S/C13H14ClN3/c14-12-3-1-2-4-13(12)17-9-10-5-6-16-8-11(10)7-15/h1-6,8,17H,7,9,15H2. The van der Waals surface area contributed by atoms with Gasteiger partial charge in [0.1, 0.15) is 0 Å². The molecule has 1 aromatic carbocycles. The summed E-state index contributed by atoms with van der Waals surface area (Å²) < 4.78 is 0. The number of hydrogen-bond donors (Lipinski definition) is 2. The van der Waals surface area contributed by atoms with Crippen LogP contribution >= 0.6 is 11.6 Å². The van der Waals surface area contributed by atoms with Crippen molar-refractivity contribution >= 4 is 17.3 Å². The second-order valence-corrected chi connectivity index (χ2v) is 4.09. The van der Waals surface area contributed by atoms with E-state index in [0.717, 1.165) is 21.8 Å². The highest BCUT2D eigenvalue weighted by molar-refractivity contribution is 6.33. The zero-order chi connectivity index (χ0) is 12.1. The SMILES string of the molecule is NCc1cnccc1CNc1ccccc1Cl. The predicted molar refractivity (Wildman–Crippen MR) is 70.9 cm³/mol. The van der Waals surface area contributed by atoms with Gasteiger partial charge in [0.2, 0.25) is 0 Å². The minimum Gasteiger partial charge on any atom is -0.380 e. The van der Waals surface area contributed by atoms with Gasteiger partial charge in [-0.15, -0.1) is 0 Å². The first-order valence-electron chi connectivity index (χ1n) is 5.41. The lowest BCUT2D eigenvalue weighted by Crippen LogP contribution is -2.07. The number of para-hydroxylation sites is 1. The lowest BCUT2D eigenvalue weighted by Gasteiger charge is -2.10. The Morgan fingerprint density at radius 1 is 1.18 bits per heavy atom. The number of nitrogens with zero attached hydrogens (tertiary/aromatic N) is 1. The zero-order valence-corrected chi connectivity index (χ0v) is 10.1. The van der Waals surface area contributed by atoms with Crippen LogP contribution in [0.25, 0.3) is 0 Å². The molecular weight excluding hydrogens is 234 g/mol. The van der Waals surface area contributed by atoms with Crippen LogP contribution in [0, 0.1) is 0 Å². The van der Waals surface area contributed by atoms with E-state index in [1.54, 1.807) is 12.4 Å². The Hall–Kier alpha value is -1.58. The third-order valence-electron chi connectivity index (χ3n) is 2.57. The van der Waals surface area contributed by atoms with Crippen LogP contribution in [-0.2, 0) is 13.1 Å². The fourth-order valence-corrected chi connectivity index (χ4v) is 1.81. The number of halogens is 1. The van der Waals surface area contributed by atoms with E-state index >= 15 is 0 Å². The fraction of sp³-hybridized carbons (Fsp3) is 0.154. The maximum atomic E-state index is 6.06. The molecule has 0 unspecified atom stereocenters. The van der Waals surface area contributed by atoms with Gasteiger partial charge in [0.05, 0.1) is 10.7 Å². The van der Waals surface area contributed by atoms with E-state index < -0.39 is 0 Å². The summed E-state index contributed by atoms with van der Waals surface area (Å²) >= 11 is 6.06. The Morgan fingerprint density at radius 3 is 2.76 bits per heavy atom. The van der Waals surface area contributed by atoms with E-state index in [0.29, 0.717) is 13.1 Å². The molecule has 0 aliphatic carbocycles. The number of nitrogens with two attached hydrogens (primary N) is 1. The van der Waals surface area contributed by atoms with E-state index in [2.05, 4.69) is 10.3 Å². The molecule has 0 fully saturated rings. The normalized spacial score (nSPS) is 10.2. The summed E-state index contributed by atoms with van der Waals surface area (Å²) in [6.07, 6.45) is 3.56. The van der Waals surface area contributed by atoms with Gasteiger partial charge >= 0.3 is 0 Å². The molecule has 0 bridgehead atoms. The molecule has 0 atom stereocenters. The number of anilines is 1. The predicted octanol–water partition coefficient (Wildman–Crippen LogP) is 2.81. The van der Waals surface area contributed by atoms with Gasteiger partial charge < -0.3 is 11.1 Å². The minimum absolute atomic E-state index is 0.493. The van der Waals surface area contributed by atoms with Gasteiger partial charge in [-0.1, -0.05) is 23.7 Å². The molecule has 3 N–H and O–H groups in total. The van der Waals surface area contributed by atoms with Crippen molar-refractivity contribution in [2.24, 2.45) is 5.73 Å². The number of benzene rings is 1. The number of pyridine rings is 1. The Balaban J connectivity index is 2.10. The molecule has 0 spiro atoms. The smallest absolute Gasteiger partial charge is 0.0637 e. The topological polar surface area (TPSA) is 50.9 Å². The average Bonchev–Trinajstić information content (AvgIpc) is 2.38. The number of rotatable bonds is 4. The molecule has 0 radical (unpaired) electrons. The average molecular weight is 248 g/mol. The van der Waals surface area contributed by atoms with Crippen LogP contribution in [0.5, 0.6) is 0 Å². The monoisotopic (exact) mass is 247 g/mol. The van der Waals surface area contributed by atoms with Crippen LogP contribution in [-0.4, -0.2) is 4.98 Å². The highest BCUT2D eigenvalue weighted by Crippen LogP contribution is 2.21. The molecule has 1 aromatic heterocycles. The van der Waals surface area contributed by atoms with Crippen molar-refractivity contribution in [2.45, 2.75) is 13.1 Å². The molecule has 2 rings (SSSR count). The Labute approximate surface area is 106 Å². The van der Waals surface area contributed by atoms with Crippen LogP contribution in [0.1, 0.15) is 11.1 Å². The van der Waals surface area contributed by atoms with Crippen LogP contribution in [0.3, 0.4) is 0 Å². The Morgan fingerprint density at radius 2 is 2.00 bits per heavy atom. The van der Waals surface area contributed by atoms with Gasteiger partial charge in [0.15, 0.2) is 0 Å². The number of nitrogens with one attached hydrogen (secondary N) is 1. The fourth-order valence-electron chi connectivity index (χ4n) is 1.61. The first kappa shape index (κ1) is 11.9. The Bertz CT molecular complexity index is 500. The second kappa shape index (κ2) is 5.66. The van der Waals surface area contributed by atoms with Crippen LogP contribution < -0.4 is 11.1 Å². The highest BCUT2D eigenvalue weighted by atomic mass is 35.5. The summed E-state index contributed by atoms with van der Waals surface area (Å²) in [6, 6.07) is 9.63. The third-order valence-corrected chi connectivity index (χ3v) is 2.90. The molecule has 88 valence electrons. The van der Waals surface area contributed by atoms with Gasteiger partial charge in [-0.05, 0) is 29.3 Å². The summed E-state index contributed by atoms with van der Waals surface area (Å²) in [7, 11) is 0. The van der Waals surface area contributed by atoms with Gasteiger partial charge in [0.25, 0.3) is 0 Å². The first-order valence-corrected chi connectivity index (χ1v) is 5.79. The minimum atomic E-state index is 0.493. The molecule has 17 heavy (non-hydrogen) atoms. The molecule has 0 saturated heterocycles. The van der Waals surface area contributed by atoms with Crippen LogP contribution in [0.2, 0.25) is 5.02 Å². The summed E-state index contributed by atoms with van der Waals surface area (Å²) in [5.74, 6) is 0. The van der Waals surface area contributed by atoms with E-state index in [1.807, 2.05) is 30.3 Å². The zero-order valence-electron chi connectivity index (χ0n) is 9.36. The second-order valence-electron chi connectivity index (χ2n) is 3.68. The summed E-state index contributed by atoms with van der Waals surface area (Å²) in [5.41, 5.74) is 8.77. The molecule has 2 aromatic rings. The third kappa shape index (κ3) is 2.96. The van der Waals surface area contributed by atoms with Gasteiger partial charge in [-0.2, -0.15) is 0 Å². The van der Waals surface area contributed by atoms with Crippen molar-refractivity contribution in [3.8, 4) is 0 Å². The lowest BCUT2D eigenvalue weighted by molar-refractivity contribution is 0.987. The molecule has 0 amide bonds. The molecule has 1 heterocycles. The van der Waals surface area contributed by atoms with Crippen molar-refractivity contribution in [3.63, 3.8) is 0 Å². The number of aromatic nitrogens is 1. The van der Waals surface area contributed by atoms with Crippen molar-refractivity contribution in [1.82, 2.24) is 4.98 Å².